The third-order valence-electron chi connectivity index (χ3n) is 2.25. The van der Waals surface area contributed by atoms with Crippen molar-refractivity contribution in [2.45, 2.75) is 20.3 Å². The maximum Gasteiger partial charge on any atom is 0.344 e. The van der Waals surface area contributed by atoms with Gasteiger partial charge in [-0.3, -0.25) is 0 Å². The molecular formula is C9H15NO3S. The van der Waals surface area contributed by atoms with E-state index < -0.39 is 5.97 Å². The zero-order valence-electron chi connectivity index (χ0n) is 8.45. The van der Waals surface area contributed by atoms with Crippen molar-refractivity contribution in [3.63, 3.8) is 0 Å². The van der Waals surface area contributed by atoms with Crippen LogP contribution in [0.15, 0.2) is 5.16 Å². The fourth-order valence-corrected chi connectivity index (χ4v) is 2.59. The number of rotatable bonds is 3. The molecule has 0 radical (unpaired) electrons. The van der Waals surface area contributed by atoms with E-state index in [-0.39, 0.29) is 12.0 Å². The molecule has 80 valence electrons. The Morgan fingerprint density at radius 3 is 3.00 bits per heavy atom. The van der Waals surface area contributed by atoms with E-state index in [4.69, 9.17) is 9.94 Å². The first-order valence-electron chi connectivity index (χ1n) is 4.51. The Bertz CT molecular complexity index is 250. The number of oxime groups is 1. The van der Waals surface area contributed by atoms with Crippen LogP contribution in [0.3, 0.4) is 0 Å². The number of carboxylic acids is 1. The minimum absolute atomic E-state index is 0.0454. The average Bonchev–Trinajstić information content (AvgIpc) is 2.07. The summed E-state index contributed by atoms with van der Waals surface area (Å²) in [6.07, 6.45) is 1.06. The number of aliphatic carboxylic acids is 1. The van der Waals surface area contributed by atoms with Crippen molar-refractivity contribution in [2.75, 3.05) is 18.1 Å². The van der Waals surface area contributed by atoms with Crippen LogP contribution in [-0.2, 0) is 9.63 Å². The smallest absolute Gasteiger partial charge is 0.344 e. The number of carboxylic acid groups (broad SMARTS) is 1. The van der Waals surface area contributed by atoms with Gasteiger partial charge in [0.15, 0.2) is 0 Å². The van der Waals surface area contributed by atoms with Crippen molar-refractivity contribution in [3.8, 4) is 0 Å². The first-order valence-corrected chi connectivity index (χ1v) is 5.67. The first kappa shape index (κ1) is 11.4. The van der Waals surface area contributed by atoms with Crippen LogP contribution in [0.4, 0.5) is 0 Å². The molecule has 0 spiro atoms. The summed E-state index contributed by atoms with van der Waals surface area (Å²) in [5, 5.41) is 12.3. The van der Waals surface area contributed by atoms with Gasteiger partial charge in [0.25, 0.3) is 0 Å². The van der Waals surface area contributed by atoms with Gasteiger partial charge in [-0.15, -0.1) is 0 Å². The Labute approximate surface area is 87.7 Å². The quantitative estimate of drug-likeness (QED) is 0.730. The third kappa shape index (κ3) is 3.21. The molecule has 1 saturated heterocycles. The van der Waals surface area contributed by atoms with Gasteiger partial charge < -0.3 is 9.94 Å². The predicted octanol–water partition coefficient (Wildman–Crippen LogP) is 1.61. The lowest BCUT2D eigenvalue weighted by Crippen LogP contribution is -2.31. The van der Waals surface area contributed by atoms with Crippen molar-refractivity contribution < 1.29 is 14.7 Å². The summed E-state index contributed by atoms with van der Waals surface area (Å²) in [6.45, 7) is 3.86. The minimum Gasteiger partial charge on any atom is -0.479 e. The molecule has 5 heteroatoms. The summed E-state index contributed by atoms with van der Waals surface area (Å²) in [6, 6.07) is 0. The lowest BCUT2D eigenvalue weighted by atomic mass is 9.85. The van der Waals surface area contributed by atoms with Crippen LogP contribution in [0.2, 0.25) is 0 Å². The van der Waals surface area contributed by atoms with E-state index in [9.17, 15) is 4.79 Å². The topological polar surface area (TPSA) is 58.9 Å². The van der Waals surface area contributed by atoms with E-state index in [1.807, 2.05) is 0 Å². The molecule has 1 aliphatic rings. The van der Waals surface area contributed by atoms with E-state index in [1.54, 1.807) is 11.8 Å². The average molecular weight is 217 g/mol. The summed E-state index contributed by atoms with van der Waals surface area (Å²) in [4.78, 5) is 14.9. The summed E-state index contributed by atoms with van der Waals surface area (Å²) in [7, 11) is 0. The van der Waals surface area contributed by atoms with Crippen LogP contribution < -0.4 is 0 Å². The molecule has 0 aromatic heterocycles. The van der Waals surface area contributed by atoms with Gasteiger partial charge in [-0.2, -0.15) is 11.8 Å². The number of thioether (sulfide) groups is 1. The molecule has 0 aliphatic carbocycles. The lowest BCUT2D eigenvalue weighted by molar-refractivity contribution is -0.142. The van der Waals surface area contributed by atoms with Crippen LogP contribution in [0.1, 0.15) is 20.3 Å². The number of nitrogens with zero attached hydrogens (tertiary/aromatic N) is 1. The van der Waals surface area contributed by atoms with Crippen LogP contribution in [0.5, 0.6) is 0 Å². The second-order valence-electron chi connectivity index (χ2n) is 3.89. The molecular weight excluding hydrogens is 202 g/mol. The van der Waals surface area contributed by atoms with Gasteiger partial charge in [-0.25, -0.2) is 4.79 Å². The maximum atomic E-state index is 10.2. The third-order valence-corrected chi connectivity index (χ3v) is 3.22. The van der Waals surface area contributed by atoms with Crippen molar-refractivity contribution in [3.05, 3.63) is 0 Å². The van der Waals surface area contributed by atoms with Crippen molar-refractivity contribution >= 4 is 23.4 Å². The van der Waals surface area contributed by atoms with Crippen LogP contribution >= 0.6 is 11.8 Å². The predicted molar refractivity (Wildman–Crippen MR) is 56.7 cm³/mol. The zero-order valence-corrected chi connectivity index (χ0v) is 9.26. The van der Waals surface area contributed by atoms with Gasteiger partial charge in [0.1, 0.15) is 0 Å². The highest BCUT2D eigenvalue weighted by atomic mass is 32.2. The summed E-state index contributed by atoms with van der Waals surface area (Å²) in [5.41, 5.74) is 0.999. The number of hydrogen-bond donors (Lipinski definition) is 1. The van der Waals surface area contributed by atoms with Gasteiger partial charge in [0, 0.05) is 11.2 Å². The highest BCUT2D eigenvalue weighted by Gasteiger charge is 2.29. The largest absolute Gasteiger partial charge is 0.479 e. The Morgan fingerprint density at radius 1 is 1.71 bits per heavy atom. The van der Waals surface area contributed by atoms with Crippen LogP contribution in [0, 0.1) is 5.41 Å². The normalized spacial score (nSPS) is 23.4. The Hall–Kier alpha value is -0.710. The molecule has 4 nitrogen and oxygen atoms in total. The van der Waals surface area contributed by atoms with Gasteiger partial charge >= 0.3 is 5.97 Å². The van der Waals surface area contributed by atoms with Gasteiger partial charge in [-0.05, 0) is 12.2 Å². The molecule has 1 aliphatic heterocycles. The Balaban J connectivity index is 2.51. The van der Waals surface area contributed by atoms with Crippen LogP contribution in [-0.4, -0.2) is 34.9 Å². The zero-order chi connectivity index (χ0) is 10.6. The van der Waals surface area contributed by atoms with Crippen molar-refractivity contribution in [2.24, 2.45) is 10.6 Å². The first-order chi connectivity index (χ1) is 6.52. The SMILES string of the molecule is CC1(C)CCSC/C1=N\OCC(=O)O. The molecule has 0 aromatic carbocycles. The molecule has 1 heterocycles. The summed E-state index contributed by atoms with van der Waals surface area (Å²) < 4.78 is 0. The Morgan fingerprint density at radius 2 is 2.43 bits per heavy atom. The van der Waals surface area contributed by atoms with E-state index in [0.29, 0.717) is 0 Å². The fourth-order valence-electron chi connectivity index (χ4n) is 1.15. The molecule has 0 aromatic rings. The van der Waals surface area contributed by atoms with Gasteiger partial charge in [0.2, 0.25) is 6.61 Å². The molecule has 0 amide bonds. The standard InChI is InChI=1S/C9H15NO3S/c1-9(2)3-4-14-6-7(9)10-13-5-8(11)12/h3-6H2,1-2H3,(H,11,12)/b10-7+. The minimum atomic E-state index is -0.990. The van der Waals surface area contributed by atoms with E-state index in [1.165, 1.54) is 0 Å². The second-order valence-corrected chi connectivity index (χ2v) is 5.00. The fraction of sp³-hybridized carbons (Fsp3) is 0.778. The summed E-state index contributed by atoms with van der Waals surface area (Å²) in [5.74, 6) is 0.980. The van der Waals surface area contributed by atoms with E-state index in [2.05, 4.69) is 19.0 Å². The van der Waals surface area contributed by atoms with E-state index in [0.717, 1.165) is 23.6 Å². The maximum absolute atomic E-state index is 10.2. The molecule has 0 unspecified atom stereocenters. The number of hydrogen-bond acceptors (Lipinski definition) is 4. The highest BCUT2D eigenvalue weighted by molar-refractivity contribution is 8.00. The molecule has 0 saturated carbocycles. The molecule has 1 N–H and O–H groups in total. The van der Waals surface area contributed by atoms with Gasteiger partial charge in [-0.1, -0.05) is 19.0 Å². The Kier molecular flexibility index (Phi) is 3.80. The molecule has 1 fully saturated rings. The van der Waals surface area contributed by atoms with Crippen molar-refractivity contribution in [1.82, 2.24) is 0 Å². The number of carbonyl (C=O) groups is 1. The molecule has 14 heavy (non-hydrogen) atoms. The van der Waals surface area contributed by atoms with Crippen molar-refractivity contribution in [1.29, 1.82) is 0 Å². The van der Waals surface area contributed by atoms with Crippen LogP contribution in [0.25, 0.3) is 0 Å². The molecule has 1 rings (SSSR count). The monoisotopic (exact) mass is 217 g/mol. The second kappa shape index (κ2) is 4.68. The highest BCUT2D eigenvalue weighted by Crippen LogP contribution is 2.31. The van der Waals surface area contributed by atoms with E-state index >= 15 is 0 Å². The molecule has 0 bridgehead atoms. The van der Waals surface area contributed by atoms with Gasteiger partial charge in [0.05, 0.1) is 5.71 Å². The lowest BCUT2D eigenvalue weighted by Gasteiger charge is -2.30. The molecule has 0 atom stereocenters. The summed E-state index contributed by atoms with van der Waals surface area (Å²) >= 11 is 1.81.